The van der Waals surface area contributed by atoms with Gasteiger partial charge in [0.05, 0.1) is 17.9 Å². The van der Waals surface area contributed by atoms with Crippen LogP contribution in [0.5, 0.6) is 0 Å². The van der Waals surface area contributed by atoms with E-state index in [4.69, 9.17) is 20.3 Å². The first-order chi connectivity index (χ1) is 13.6. The molecule has 0 amide bonds. The Bertz CT molecular complexity index is 695. The number of carboxylic acid groups (broad SMARTS) is 1. The molecule has 0 aliphatic carbocycles. The van der Waals surface area contributed by atoms with E-state index in [2.05, 4.69) is 16.6 Å². The molecule has 1 fully saturated rings. The SMILES string of the molecule is CC(C)C(=O)O.CCC(C)C(=O)OCC1CCC(n2ccc(N)nc2=O)O1.CCl. The lowest BCUT2D eigenvalue weighted by Crippen LogP contribution is -2.28. The molecule has 3 atom stereocenters. The molecule has 3 N–H and O–H groups in total. The van der Waals surface area contributed by atoms with Crippen molar-refractivity contribution in [1.29, 1.82) is 0 Å². The molecule has 10 heteroatoms. The van der Waals surface area contributed by atoms with Crippen LogP contribution in [0.4, 0.5) is 5.82 Å². The van der Waals surface area contributed by atoms with E-state index in [9.17, 15) is 14.4 Å². The number of rotatable bonds is 6. The maximum absolute atomic E-state index is 11.7. The molecule has 0 aromatic carbocycles. The number of nitrogens with two attached hydrogens (primary N) is 1. The molecule has 166 valence electrons. The number of aliphatic carboxylic acids is 1. The third kappa shape index (κ3) is 9.76. The summed E-state index contributed by atoms with van der Waals surface area (Å²) >= 11 is 4.64. The van der Waals surface area contributed by atoms with Crippen LogP contribution in [0.3, 0.4) is 0 Å². The van der Waals surface area contributed by atoms with Crippen LogP contribution in [-0.2, 0) is 19.1 Å². The molecule has 9 nitrogen and oxygen atoms in total. The van der Waals surface area contributed by atoms with Crippen molar-refractivity contribution in [2.45, 2.75) is 59.3 Å². The van der Waals surface area contributed by atoms with Crippen molar-refractivity contribution < 1.29 is 24.2 Å². The Morgan fingerprint density at radius 3 is 2.45 bits per heavy atom. The molecule has 0 saturated carbocycles. The molecule has 0 radical (unpaired) electrons. The molecule has 2 rings (SSSR count). The van der Waals surface area contributed by atoms with Crippen LogP contribution in [0.25, 0.3) is 0 Å². The molecule has 1 aliphatic heterocycles. The largest absolute Gasteiger partial charge is 0.481 e. The van der Waals surface area contributed by atoms with Crippen molar-refractivity contribution in [3.63, 3.8) is 0 Å². The molecule has 0 bridgehead atoms. The van der Waals surface area contributed by atoms with E-state index in [-0.39, 0.29) is 42.6 Å². The van der Waals surface area contributed by atoms with Crippen LogP contribution in [0.1, 0.15) is 53.2 Å². The van der Waals surface area contributed by atoms with Crippen LogP contribution in [0, 0.1) is 11.8 Å². The van der Waals surface area contributed by atoms with Gasteiger partial charge in [-0.05, 0) is 25.3 Å². The van der Waals surface area contributed by atoms with Gasteiger partial charge in [-0.3, -0.25) is 14.2 Å². The van der Waals surface area contributed by atoms with Gasteiger partial charge in [0, 0.05) is 12.6 Å². The summed E-state index contributed by atoms with van der Waals surface area (Å²) in [6.07, 6.45) is 4.64. The molecular weight excluding hydrogens is 402 g/mol. The number of hydrogen-bond acceptors (Lipinski definition) is 7. The highest BCUT2D eigenvalue weighted by Gasteiger charge is 2.28. The number of halogens is 1. The van der Waals surface area contributed by atoms with Crippen molar-refractivity contribution in [1.82, 2.24) is 9.55 Å². The zero-order valence-corrected chi connectivity index (χ0v) is 18.4. The molecule has 1 aliphatic rings. The van der Waals surface area contributed by atoms with Crippen molar-refractivity contribution >= 4 is 29.4 Å². The van der Waals surface area contributed by atoms with E-state index in [1.165, 1.54) is 11.0 Å². The minimum absolute atomic E-state index is 0.105. The van der Waals surface area contributed by atoms with E-state index in [1.807, 2.05) is 13.8 Å². The Balaban J connectivity index is 0.000000841. The normalized spacial score (nSPS) is 18.7. The second kappa shape index (κ2) is 13.9. The van der Waals surface area contributed by atoms with Crippen molar-refractivity contribution in [3.8, 4) is 0 Å². The van der Waals surface area contributed by atoms with Gasteiger partial charge in [-0.2, -0.15) is 4.98 Å². The Labute approximate surface area is 176 Å². The maximum atomic E-state index is 11.7. The van der Waals surface area contributed by atoms with E-state index in [0.29, 0.717) is 6.42 Å². The van der Waals surface area contributed by atoms with Gasteiger partial charge in [-0.25, -0.2) is 4.79 Å². The summed E-state index contributed by atoms with van der Waals surface area (Å²) in [6.45, 7) is 7.27. The summed E-state index contributed by atoms with van der Waals surface area (Å²) in [5.74, 6) is -1.10. The Hall–Kier alpha value is -2.13. The number of nitrogens with zero attached hydrogens (tertiary/aromatic N) is 2. The summed E-state index contributed by atoms with van der Waals surface area (Å²) in [5, 5.41) is 7.99. The maximum Gasteiger partial charge on any atom is 0.351 e. The number of alkyl halides is 1. The Kier molecular flexibility index (Phi) is 12.9. The van der Waals surface area contributed by atoms with Gasteiger partial charge in [0.25, 0.3) is 0 Å². The zero-order chi connectivity index (χ0) is 22.6. The number of esters is 1. The van der Waals surface area contributed by atoms with Gasteiger partial charge in [0.15, 0.2) is 0 Å². The molecule has 29 heavy (non-hydrogen) atoms. The van der Waals surface area contributed by atoms with Gasteiger partial charge in [0.2, 0.25) is 0 Å². The van der Waals surface area contributed by atoms with Gasteiger partial charge >= 0.3 is 17.6 Å². The second-order valence-electron chi connectivity index (χ2n) is 6.76. The molecule has 1 aromatic heterocycles. The van der Waals surface area contributed by atoms with Gasteiger partial charge < -0.3 is 20.3 Å². The Morgan fingerprint density at radius 1 is 1.38 bits per heavy atom. The molecule has 0 spiro atoms. The lowest BCUT2D eigenvalue weighted by Gasteiger charge is -2.16. The number of anilines is 1. The van der Waals surface area contributed by atoms with Crippen molar-refractivity contribution in [2.24, 2.45) is 11.8 Å². The summed E-state index contributed by atoms with van der Waals surface area (Å²) < 4.78 is 12.4. The monoisotopic (exact) mass is 433 g/mol. The summed E-state index contributed by atoms with van der Waals surface area (Å²) in [4.78, 5) is 36.7. The van der Waals surface area contributed by atoms with Crippen molar-refractivity contribution in [3.05, 3.63) is 22.7 Å². The Morgan fingerprint density at radius 2 is 1.97 bits per heavy atom. The zero-order valence-electron chi connectivity index (χ0n) is 17.6. The predicted octanol–water partition coefficient (Wildman–Crippen LogP) is 2.67. The quantitative estimate of drug-likeness (QED) is 0.516. The topological polar surface area (TPSA) is 134 Å². The highest BCUT2D eigenvalue weighted by molar-refractivity contribution is 6.15. The lowest BCUT2D eigenvalue weighted by atomic mass is 10.1. The van der Waals surface area contributed by atoms with E-state index < -0.39 is 11.7 Å². The first kappa shape index (κ1) is 26.9. The molecule has 1 aromatic rings. The molecular formula is C19H32ClN3O6. The standard InChI is InChI=1S/C14H21N3O4.C4H8O2.CH3Cl/c1-3-9(2)13(18)20-8-10-4-5-12(21-10)17-7-6-11(15)16-14(17)19;1-3(2)4(5)6;1-2/h6-7,9-10,12H,3-5,8H2,1-2H3,(H2,15,16,19);3H,1-2H3,(H,5,6);1H3. The first-order valence-electron chi connectivity index (χ1n) is 9.43. The number of hydrogen-bond donors (Lipinski definition) is 2. The lowest BCUT2D eigenvalue weighted by molar-refractivity contribution is -0.152. The van der Waals surface area contributed by atoms with Gasteiger partial charge in [-0.1, -0.05) is 27.7 Å². The number of nitrogen functional groups attached to an aromatic ring is 1. The summed E-state index contributed by atoms with van der Waals surface area (Å²) in [6, 6.07) is 1.56. The smallest absolute Gasteiger partial charge is 0.351 e. The number of ether oxygens (including phenoxy) is 2. The number of carboxylic acids is 1. The van der Waals surface area contributed by atoms with E-state index >= 15 is 0 Å². The van der Waals surface area contributed by atoms with Crippen LogP contribution in [0.15, 0.2) is 17.1 Å². The van der Waals surface area contributed by atoms with Gasteiger partial charge in [0.1, 0.15) is 18.7 Å². The number of carbonyl (C=O) groups is 2. The summed E-state index contributed by atoms with van der Waals surface area (Å²) in [5.41, 5.74) is 5.02. The fourth-order valence-electron chi connectivity index (χ4n) is 2.14. The minimum Gasteiger partial charge on any atom is -0.481 e. The first-order valence-corrected chi connectivity index (χ1v) is 10.2. The second-order valence-corrected chi connectivity index (χ2v) is 6.76. The molecule has 2 heterocycles. The molecule has 1 saturated heterocycles. The highest BCUT2D eigenvalue weighted by atomic mass is 35.5. The van der Waals surface area contributed by atoms with E-state index in [0.717, 1.165) is 12.8 Å². The highest BCUT2D eigenvalue weighted by Crippen LogP contribution is 2.27. The van der Waals surface area contributed by atoms with Crippen LogP contribution < -0.4 is 11.4 Å². The number of carbonyl (C=O) groups excluding carboxylic acids is 1. The van der Waals surface area contributed by atoms with Crippen molar-refractivity contribution in [2.75, 3.05) is 18.7 Å². The van der Waals surface area contributed by atoms with Crippen LogP contribution in [-0.4, -0.2) is 45.7 Å². The number of aromatic nitrogens is 2. The van der Waals surface area contributed by atoms with Gasteiger partial charge in [-0.15, -0.1) is 11.6 Å². The molecule has 3 unspecified atom stereocenters. The minimum atomic E-state index is -0.741. The average molecular weight is 434 g/mol. The third-order valence-electron chi connectivity index (χ3n) is 4.17. The van der Waals surface area contributed by atoms with Crippen LogP contribution >= 0.6 is 11.6 Å². The summed E-state index contributed by atoms with van der Waals surface area (Å²) in [7, 11) is 0. The third-order valence-corrected chi connectivity index (χ3v) is 4.17. The average Bonchev–Trinajstić information content (AvgIpc) is 3.16. The fraction of sp³-hybridized carbons (Fsp3) is 0.684. The van der Waals surface area contributed by atoms with Crippen LogP contribution in [0.2, 0.25) is 0 Å². The fourth-order valence-corrected chi connectivity index (χ4v) is 2.14. The predicted molar refractivity (Wildman–Crippen MR) is 111 cm³/mol. The van der Waals surface area contributed by atoms with E-state index in [1.54, 1.807) is 26.1 Å².